The van der Waals surface area contributed by atoms with Crippen molar-refractivity contribution in [3.63, 3.8) is 0 Å². The molecule has 0 spiro atoms. The van der Waals surface area contributed by atoms with Crippen LogP contribution in [0.4, 0.5) is 0 Å². The molecular weight excluding hydrogens is 570 g/mol. The van der Waals surface area contributed by atoms with Gasteiger partial charge < -0.3 is 9.57 Å². The molecule has 0 heterocycles. The lowest BCUT2D eigenvalue weighted by Crippen LogP contribution is -2.17. The molecule has 0 saturated heterocycles. The van der Waals surface area contributed by atoms with Crippen LogP contribution in [0.15, 0.2) is 106 Å². The Morgan fingerprint density at radius 2 is 1.34 bits per heavy atom. The summed E-state index contributed by atoms with van der Waals surface area (Å²) in [7, 11) is 0. The van der Waals surface area contributed by atoms with Crippen molar-refractivity contribution in [2.75, 3.05) is 0 Å². The third kappa shape index (κ3) is 8.54. The second kappa shape index (κ2) is 15.8. The highest BCUT2D eigenvalue weighted by molar-refractivity contribution is 7.99. The number of nitrogens with zero attached hydrogens (tertiary/aromatic N) is 1. The van der Waals surface area contributed by atoms with Gasteiger partial charge >= 0.3 is 11.9 Å². The van der Waals surface area contributed by atoms with Crippen molar-refractivity contribution in [2.24, 2.45) is 5.16 Å². The highest BCUT2D eigenvalue weighted by Gasteiger charge is 2.23. The fraction of sp³-hybridized carbons (Fsp3) is 0.243. The lowest BCUT2D eigenvalue weighted by molar-refractivity contribution is 0.0510. The summed E-state index contributed by atoms with van der Waals surface area (Å²) >= 11 is 1.61. The normalized spacial score (nSPS) is 11.2. The topological polar surface area (TPSA) is 82.0 Å². The fourth-order valence-corrected chi connectivity index (χ4v) is 5.73. The molecular formula is C37H37NO5S. The summed E-state index contributed by atoms with van der Waals surface area (Å²) in [6.07, 6.45) is 4.17. The van der Waals surface area contributed by atoms with Crippen LogP contribution >= 0.6 is 11.8 Å². The number of ketones is 1. The van der Waals surface area contributed by atoms with Gasteiger partial charge in [-0.15, -0.1) is 0 Å². The minimum absolute atomic E-state index is 0.191. The largest absolute Gasteiger partial charge is 0.422 e. The van der Waals surface area contributed by atoms with E-state index in [1.807, 2.05) is 55.5 Å². The minimum atomic E-state index is -0.717. The van der Waals surface area contributed by atoms with Gasteiger partial charge in [0.05, 0.1) is 11.1 Å². The van der Waals surface area contributed by atoms with Crippen LogP contribution in [-0.4, -0.2) is 23.4 Å². The summed E-state index contributed by atoms with van der Waals surface area (Å²) in [5.74, 6) is -1.22. The lowest BCUT2D eigenvalue weighted by Gasteiger charge is -2.15. The quantitative estimate of drug-likeness (QED) is 0.0286. The first-order valence-electron chi connectivity index (χ1n) is 14.8. The Hall–Kier alpha value is -4.49. The van der Waals surface area contributed by atoms with Crippen LogP contribution in [0, 0.1) is 20.8 Å². The average molecular weight is 608 g/mol. The van der Waals surface area contributed by atoms with Crippen molar-refractivity contribution in [3.8, 4) is 5.75 Å². The monoisotopic (exact) mass is 607 g/mol. The van der Waals surface area contributed by atoms with Crippen LogP contribution in [0.2, 0.25) is 0 Å². The number of ether oxygens (including phenoxy) is 1. The molecule has 4 aromatic rings. The third-order valence-corrected chi connectivity index (χ3v) is 8.19. The van der Waals surface area contributed by atoms with E-state index in [4.69, 9.17) is 9.57 Å². The third-order valence-electron chi connectivity index (χ3n) is 7.17. The summed E-state index contributed by atoms with van der Waals surface area (Å²) in [5, 5.41) is 4.11. The number of unbranched alkanes of at least 4 members (excludes halogenated alkanes) is 3. The summed E-state index contributed by atoms with van der Waals surface area (Å²) in [4.78, 5) is 47.2. The molecule has 0 amide bonds. The van der Waals surface area contributed by atoms with E-state index >= 15 is 0 Å². The molecule has 44 heavy (non-hydrogen) atoms. The number of benzene rings is 4. The fourth-order valence-electron chi connectivity index (χ4n) is 4.89. The maximum Gasteiger partial charge on any atom is 0.366 e. The molecule has 0 radical (unpaired) electrons. The van der Waals surface area contributed by atoms with Crippen molar-refractivity contribution in [1.29, 1.82) is 0 Å². The first-order valence-corrected chi connectivity index (χ1v) is 15.6. The molecule has 0 atom stereocenters. The molecule has 0 fully saturated rings. The highest BCUT2D eigenvalue weighted by atomic mass is 32.2. The molecule has 0 aromatic heterocycles. The van der Waals surface area contributed by atoms with E-state index in [0.29, 0.717) is 40.0 Å². The molecule has 0 saturated carbocycles. The van der Waals surface area contributed by atoms with Crippen LogP contribution in [0.25, 0.3) is 0 Å². The maximum atomic E-state index is 13.5. The molecule has 0 aliphatic rings. The van der Waals surface area contributed by atoms with Gasteiger partial charge in [0.2, 0.25) is 5.78 Å². The van der Waals surface area contributed by atoms with Crippen molar-refractivity contribution >= 4 is 35.2 Å². The van der Waals surface area contributed by atoms with Crippen LogP contribution in [0.5, 0.6) is 5.75 Å². The molecule has 0 bridgehead atoms. The van der Waals surface area contributed by atoms with E-state index in [2.05, 4.69) is 12.1 Å². The van der Waals surface area contributed by atoms with Gasteiger partial charge in [-0.05, 0) is 93.3 Å². The first kappa shape index (κ1) is 32.4. The minimum Gasteiger partial charge on any atom is -0.422 e. The molecule has 0 aliphatic heterocycles. The maximum absolute atomic E-state index is 13.5. The first-order chi connectivity index (χ1) is 21.3. The molecule has 6 nitrogen and oxygen atoms in total. The number of rotatable bonds is 13. The number of hydrogen-bond donors (Lipinski definition) is 0. The second-order valence-electron chi connectivity index (χ2n) is 10.6. The van der Waals surface area contributed by atoms with E-state index in [0.717, 1.165) is 35.5 Å². The lowest BCUT2D eigenvalue weighted by atomic mass is 9.98. The standard InChI is InChI=1S/C37H37NO5S/c1-5-6-7-14-19-32(34(39)28-20-22-31(23-21-28)44-30-17-12-9-13-18-30)38-43-37(41)33-25(2)24-26(3)35(27(33)4)42-36(40)29-15-10-8-11-16-29/h8-13,15-18,20-24H,5-7,14,19H2,1-4H3/b38-32+. The number of esters is 1. The van der Waals surface area contributed by atoms with E-state index < -0.39 is 11.9 Å². The van der Waals surface area contributed by atoms with Crippen LogP contribution in [0.1, 0.15) is 86.8 Å². The number of hydrogen-bond acceptors (Lipinski definition) is 7. The zero-order chi connectivity index (χ0) is 31.5. The average Bonchev–Trinajstić information content (AvgIpc) is 3.03. The van der Waals surface area contributed by atoms with E-state index in [1.54, 1.807) is 68.1 Å². The van der Waals surface area contributed by atoms with Gasteiger partial charge in [-0.25, -0.2) is 9.59 Å². The molecule has 0 aliphatic carbocycles. The number of carbonyl (C=O) groups excluding carboxylic acids is 3. The van der Waals surface area contributed by atoms with Crippen molar-refractivity contribution in [1.82, 2.24) is 0 Å². The molecule has 4 aromatic carbocycles. The predicted octanol–water partition coefficient (Wildman–Crippen LogP) is 9.35. The van der Waals surface area contributed by atoms with Gasteiger partial charge in [0.15, 0.2) is 0 Å². The number of aryl methyl sites for hydroxylation is 2. The summed E-state index contributed by atoms with van der Waals surface area (Å²) in [6.45, 7) is 7.43. The number of oxime groups is 1. The Labute approximate surface area is 263 Å². The highest BCUT2D eigenvalue weighted by Crippen LogP contribution is 2.31. The molecule has 4 rings (SSSR count). The van der Waals surface area contributed by atoms with Crippen LogP contribution in [0.3, 0.4) is 0 Å². The Morgan fingerprint density at radius 3 is 2.00 bits per heavy atom. The zero-order valence-electron chi connectivity index (χ0n) is 25.6. The van der Waals surface area contributed by atoms with Gasteiger partial charge in [-0.1, -0.05) is 85.6 Å². The molecule has 0 unspecified atom stereocenters. The Kier molecular flexibility index (Phi) is 11.7. The summed E-state index contributed by atoms with van der Waals surface area (Å²) in [5.41, 5.74) is 3.15. The van der Waals surface area contributed by atoms with E-state index in [-0.39, 0.29) is 17.1 Å². The smallest absolute Gasteiger partial charge is 0.366 e. The van der Waals surface area contributed by atoms with Crippen molar-refractivity contribution in [2.45, 2.75) is 69.6 Å². The predicted molar refractivity (Wildman–Crippen MR) is 175 cm³/mol. The van der Waals surface area contributed by atoms with Gasteiger partial charge in [0.25, 0.3) is 0 Å². The van der Waals surface area contributed by atoms with E-state index in [9.17, 15) is 14.4 Å². The van der Waals surface area contributed by atoms with Crippen molar-refractivity contribution < 1.29 is 24.0 Å². The molecule has 7 heteroatoms. The summed E-state index contributed by atoms with van der Waals surface area (Å²) < 4.78 is 5.71. The van der Waals surface area contributed by atoms with E-state index in [1.165, 1.54) is 0 Å². The van der Waals surface area contributed by atoms with Crippen LogP contribution < -0.4 is 4.74 Å². The second-order valence-corrected chi connectivity index (χ2v) is 11.7. The Balaban J connectivity index is 1.54. The zero-order valence-corrected chi connectivity index (χ0v) is 26.4. The van der Waals surface area contributed by atoms with Gasteiger partial charge in [0, 0.05) is 20.9 Å². The number of Topliss-reactive ketones (excluding diaryl/α,β-unsaturated/α-hetero) is 1. The molecule has 0 N–H and O–H groups in total. The van der Waals surface area contributed by atoms with Gasteiger partial charge in [0.1, 0.15) is 11.5 Å². The summed E-state index contributed by atoms with van der Waals surface area (Å²) in [6, 6.07) is 27.8. The van der Waals surface area contributed by atoms with Crippen LogP contribution in [-0.2, 0) is 4.84 Å². The van der Waals surface area contributed by atoms with Gasteiger partial charge in [-0.2, -0.15) is 0 Å². The molecule has 226 valence electrons. The van der Waals surface area contributed by atoms with Gasteiger partial charge in [-0.3, -0.25) is 4.79 Å². The van der Waals surface area contributed by atoms with Crippen molar-refractivity contribution in [3.05, 3.63) is 124 Å². The number of carbonyl (C=O) groups is 3. The Morgan fingerprint density at radius 1 is 0.705 bits per heavy atom. The Bertz CT molecular complexity index is 1630. The SMILES string of the molecule is CCCCCC/C(=N\OC(=O)c1c(C)cc(C)c(OC(=O)c2ccccc2)c1C)C(=O)c1ccc(Sc2ccccc2)cc1.